The van der Waals surface area contributed by atoms with Crippen molar-refractivity contribution in [1.29, 1.82) is 0 Å². The van der Waals surface area contributed by atoms with Crippen LogP contribution in [0.25, 0.3) is 28.0 Å². The summed E-state index contributed by atoms with van der Waals surface area (Å²) in [4.78, 5) is 16.4. The van der Waals surface area contributed by atoms with Crippen molar-refractivity contribution in [3.63, 3.8) is 0 Å². The van der Waals surface area contributed by atoms with E-state index < -0.39 is 5.63 Å². The van der Waals surface area contributed by atoms with Crippen molar-refractivity contribution < 1.29 is 9.52 Å². The van der Waals surface area contributed by atoms with Crippen molar-refractivity contribution >= 4 is 22.7 Å². The van der Waals surface area contributed by atoms with Crippen molar-refractivity contribution in [3.8, 4) is 22.8 Å². The van der Waals surface area contributed by atoms with E-state index in [2.05, 4.69) is 15.2 Å². The van der Waals surface area contributed by atoms with Crippen LogP contribution in [0.4, 0.5) is 0 Å². The lowest BCUT2D eigenvalue weighted by molar-refractivity contribution is 0.468. The van der Waals surface area contributed by atoms with E-state index in [1.54, 1.807) is 31.5 Å². The molecule has 0 aliphatic carbocycles. The molecule has 7 nitrogen and oxygen atoms in total. The fourth-order valence-electron chi connectivity index (χ4n) is 3.75. The van der Waals surface area contributed by atoms with Gasteiger partial charge in [0.05, 0.1) is 5.69 Å². The number of para-hydroxylation sites is 1. The number of phenols is 1. The number of rotatable bonds is 5. The van der Waals surface area contributed by atoms with Gasteiger partial charge in [-0.3, -0.25) is 9.55 Å². The Hall–Kier alpha value is -3.91. The zero-order chi connectivity index (χ0) is 22.9. The Morgan fingerprint density at radius 2 is 1.91 bits per heavy atom. The fourth-order valence-corrected chi connectivity index (χ4v) is 4.69. The molecule has 0 aliphatic rings. The number of pyridine rings is 1. The molecule has 0 amide bonds. The maximum absolute atomic E-state index is 12.2. The van der Waals surface area contributed by atoms with E-state index in [1.165, 1.54) is 17.8 Å². The number of fused-ring (bicyclic) bond motifs is 1. The molecule has 3 aromatic heterocycles. The highest BCUT2D eigenvalue weighted by molar-refractivity contribution is 7.98. The molecule has 33 heavy (non-hydrogen) atoms. The molecule has 0 saturated heterocycles. The quantitative estimate of drug-likeness (QED) is 0.292. The third-order valence-electron chi connectivity index (χ3n) is 5.48. The Bertz CT molecular complexity index is 1530. The molecule has 5 rings (SSSR count). The first kappa shape index (κ1) is 21.0. The van der Waals surface area contributed by atoms with E-state index in [0.29, 0.717) is 27.9 Å². The molecule has 0 bridgehead atoms. The summed E-state index contributed by atoms with van der Waals surface area (Å²) in [7, 11) is 0. The summed E-state index contributed by atoms with van der Waals surface area (Å²) in [5.41, 5.74) is 4.20. The summed E-state index contributed by atoms with van der Waals surface area (Å²) >= 11 is 1.48. The van der Waals surface area contributed by atoms with Crippen LogP contribution in [0.5, 0.6) is 5.75 Å². The van der Waals surface area contributed by atoms with Crippen molar-refractivity contribution in [1.82, 2.24) is 19.7 Å². The summed E-state index contributed by atoms with van der Waals surface area (Å²) in [6.07, 6.45) is 3.48. The molecule has 0 fully saturated rings. The van der Waals surface area contributed by atoms with Crippen LogP contribution < -0.4 is 5.63 Å². The monoisotopic (exact) mass is 456 g/mol. The van der Waals surface area contributed by atoms with Crippen molar-refractivity contribution in [2.24, 2.45) is 0 Å². The number of hydrogen-bond donors (Lipinski definition) is 1. The van der Waals surface area contributed by atoms with Gasteiger partial charge in [0, 0.05) is 40.7 Å². The van der Waals surface area contributed by atoms with Crippen LogP contribution >= 0.6 is 11.8 Å². The largest absolute Gasteiger partial charge is 0.508 e. The summed E-state index contributed by atoms with van der Waals surface area (Å²) in [6, 6.07) is 16.7. The van der Waals surface area contributed by atoms with Crippen LogP contribution in [0.2, 0.25) is 0 Å². The molecule has 0 radical (unpaired) electrons. The molecule has 0 aliphatic heterocycles. The molecule has 0 spiro atoms. The zero-order valence-corrected chi connectivity index (χ0v) is 18.8. The molecule has 8 heteroatoms. The number of nitrogens with zero attached hydrogens (tertiary/aromatic N) is 4. The molecule has 1 N–H and O–H groups in total. The summed E-state index contributed by atoms with van der Waals surface area (Å²) in [5.74, 6) is 1.26. The van der Waals surface area contributed by atoms with Crippen molar-refractivity contribution in [3.05, 3.63) is 94.1 Å². The molecule has 3 heterocycles. The standard InChI is InChI=1S/C25H20N4O3S/c1-15-6-3-4-8-20(15)29-24(17-7-5-11-26-13-17)27-28-25(29)33-14-18-12-22(31)32-23-16(2)21(30)10-9-19(18)23/h3-13,30H,14H2,1-2H3. The first-order valence-corrected chi connectivity index (χ1v) is 11.3. The lowest BCUT2D eigenvalue weighted by Gasteiger charge is -2.13. The van der Waals surface area contributed by atoms with E-state index in [4.69, 9.17) is 4.42 Å². The van der Waals surface area contributed by atoms with Gasteiger partial charge >= 0.3 is 5.63 Å². The lowest BCUT2D eigenvalue weighted by Crippen LogP contribution is -2.03. The van der Waals surface area contributed by atoms with Gasteiger partial charge in [-0.05, 0) is 55.3 Å². The smallest absolute Gasteiger partial charge is 0.336 e. The highest BCUT2D eigenvalue weighted by Crippen LogP contribution is 2.33. The van der Waals surface area contributed by atoms with Crippen LogP contribution in [0.3, 0.4) is 0 Å². The van der Waals surface area contributed by atoms with E-state index in [-0.39, 0.29) is 5.75 Å². The Balaban J connectivity index is 1.59. The SMILES string of the molecule is Cc1ccccc1-n1c(SCc2cc(=O)oc3c(C)c(O)ccc23)nnc1-c1cccnc1. The van der Waals surface area contributed by atoms with Crippen LogP contribution in [-0.2, 0) is 5.75 Å². The highest BCUT2D eigenvalue weighted by Gasteiger charge is 2.19. The van der Waals surface area contributed by atoms with Crippen LogP contribution in [0.15, 0.2) is 81.4 Å². The van der Waals surface area contributed by atoms with E-state index in [9.17, 15) is 9.90 Å². The normalized spacial score (nSPS) is 11.2. The fraction of sp³-hybridized carbons (Fsp3) is 0.120. The third-order valence-corrected chi connectivity index (χ3v) is 6.46. The predicted molar refractivity (Wildman–Crippen MR) is 128 cm³/mol. The summed E-state index contributed by atoms with van der Waals surface area (Å²) in [6.45, 7) is 3.77. The average molecular weight is 457 g/mol. The minimum atomic E-state index is -0.455. The van der Waals surface area contributed by atoms with Gasteiger partial charge in [0.1, 0.15) is 11.3 Å². The maximum Gasteiger partial charge on any atom is 0.336 e. The number of aromatic nitrogens is 4. The Morgan fingerprint density at radius 1 is 1.06 bits per heavy atom. The molecule has 164 valence electrons. The number of hydrogen-bond acceptors (Lipinski definition) is 7. The minimum absolute atomic E-state index is 0.0934. The van der Waals surface area contributed by atoms with Gasteiger partial charge in [-0.25, -0.2) is 4.79 Å². The lowest BCUT2D eigenvalue weighted by atomic mass is 10.1. The van der Waals surface area contributed by atoms with Gasteiger partial charge < -0.3 is 9.52 Å². The maximum atomic E-state index is 12.2. The van der Waals surface area contributed by atoms with Crippen LogP contribution in [0, 0.1) is 13.8 Å². The average Bonchev–Trinajstić information content (AvgIpc) is 3.25. The summed E-state index contributed by atoms with van der Waals surface area (Å²) in [5, 5.41) is 20.4. The second kappa shape index (κ2) is 8.55. The molecule has 0 unspecified atom stereocenters. The first-order chi connectivity index (χ1) is 16.0. The molecule has 5 aromatic rings. The van der Waals surface area contributed by atoms with Gasteiger partial charge in [0.15, 0.2) is 11.0 Å². The van der Waals surface area contributed by atoms with Gasteiger partial charge in [-0.15, -0.1) is 10.2 Å². The Morgan fingerprint density at radius 3 is 2.70 bits per heavy atom. The van der Waals surface area contributed by atoms with Gasteiger partial charge in [0.25, 0.3) is 0 Å². The number of benzene rings is 2. The zero-order valence-electron chi connectivity index (χ0n) is 18.0. The van der Waals surface area contributed by atoms with Gasteiger partial charge in [-0.2, -0.15) is 0 Å². The Kier molecular flexibility index (Phi) is 5.43. The highest BCUT2D eigenvalue weighted by atomic mass is 32.2. The van der Waals surface area contributed by atoms with Crippen molar-refractivity contribution in [2.45, 2.75) is 24.8 Å². The van der Waals surface area contributed by atoms with Gasteiger partial charge in [-0.1, -0.05) is 30.0 Å². The van der Waals surface area contributed by atoms with E-state index >= 15 is 0 Å². The number of aromatic hydroxyl groups is 1. The molecule has 0 saturated carbocycles. The van der Waals surface area contributed by atoms with Crippen molar-refractivity contribution in [2.75, 3.05) is 0 Å². The van der Waals surface area contributed by atoms with Crippen LogP contribution in [0.1, 0.15) is 16.7 Å². The van der Waals surface area contributed by atoms with Gasteiger partial charge in [0.2, 0.25) is 0 Å². The number of aryl methyl sites for hydroxylation is 2. The van der Waals surface area contributed by atoms with E-state index in [1.807, 2.05) is 47.9 Å². The summed E-state index contributed by atoms with van der Waals surface area (Å²) < 4.78 is 7.39. The Labute approximate surface area is 193 Å². The topological polar surface area (TPSA) is 94.0 Å². The molecular weight excluding hydrogens is 436 g/mol. The number of thioether (sulfide) groups is 1. The van der Waals surface area contributed by atoms with Crippen LogP contribution in [-0.4, -0.2) is 24.9 Å². The molecule has 2 aromatic carbocycles. The van der Waals surface area contributed by atoms with E-state index in [0.717, 1.165) is 27.8 Å². The second-order valence-electron chi connectivity index (χ2n) is 7.64. The minimum Gasteiger partial charge on any atom is -0.508 e. The molecule has 0 atom stereocenters. The first-order valence-electron chi connectivity index (χ1n) is 10.3. The molecular formula is C25H20N4O3S. The number of phenolic OH excluding ortho intramolecular Hbond substituents is 1. The third kappa shape index (κ3) is 3.89. The second-order valence-corrected chi connectivity index (χ2v) is 8.58. The predicted octanol–water partition coefficient (Wildman–Crippen LogP) is 5.05.